The van der Waals surface area contributed by atoms with E-state index in [0.29, 0.717) is 18.3 Å². The lowest BCUT2D eigenvalue weighted by atomic mass is 9.79. The van der Waals surface area contributed by atoms with Gasteiger partial charge < -0.3 is 19.7 Å². The van der Waals surface area contributed by atoms with E-state index in [-0.39, 0.29) is 11.5 Å². The van der Waals surface area contributed by atoms with Crippen LogP contribution in [0.4, 0.5) is 13.2 Å². The van der Waals surface area contributed by atoms with Gasteiger partial charge in [-0.1, -0.05) is 0 Å². The number of thiazole rings is 1. The van der Waals surface area contributed by atoms with Crippen molar-refractivity contribution in [1.82, 2.24) is 24.8 Å². The number of carbonyl (C=O) groups excluding carboxylic acids is 1. The number of hydrogen-bond donors (Lipinski definition) is 2. The number of carboxylic acid groups (broad SMARTS) is 1. The van der Waals surface area contributed by atoms with Gasteiger partial charge in [-0.25, -0.2) is 14.8 Å². The zero-order valence-electron chi connectivity index (χ0n) is 18.3. The summed E-state index contributed by atoms with van der Waals surface area (Å²) in [5.74, 6) is -1.92. The van der Waals surface area contributed by atoms with Crippen LogP contribution in [-0.2, 0) is 23.1 Å². The third kappa shape index (κ3) is 6.30. The molecule has 2 aliphatic rings. The largest absolute Gasteiger partial charge is 0.490 e. The number of nitrogens with one attached hydrogen (secondary N) is 1. The zero-order valence-corrected chi connectivity index (χ0v) is 19.1. The summed E-state index contributed by atoms with van der Waals surface area (Å²) in [6, 6.07) is 0. The van der Waals surface area contributed by atoms with E-state index in [9.17, 15) is 18.0 Å². The SMILES string of the molecule is Cc1csc(CN2CC3(C2)OCCC3CCNC(=O)c2nccn2C)n1.O=C(O)C(F)(F)F. The van der Waals surface area contributed by atoms with Crippen LogP contribution in [0.1, 0.15) is 34.2 Å². The van der Waals surface area contributed by atoms with E-state index in [1.165, 1.54) is 5.01 Å². The molecule has 2 saturated heterocycles. The maximum atomic E-state index is 12.2. The number of ether oxygens (including phenoxy) is 1. The number of halogens is 3. The van der Waals surface area contributed by atoms with E-state index in [0.717, 1.165) is 44.8 Å². The van der Waals surface area contributed by atoms with Crippen LogP contribution in [0.15, 0.2) is 17.8 Å². The average Bonchev–Trinajstić information content (AvgIpc) is 3.42. The first-order chi connectivity index (χ1) is 15.5. The monoisotopic (exact) mass is 489 g/mol. The van der Waals surface area contributed by atoms with E-state index >= 15 is 0 Å². The van der Waals surface area contributed by atoms with Crippen LogP contribution < -0.4 is 5.32 Å². The van der Waals surface area contributed by atoms with E-state index in [1.54, 1.807) is 28.3 Å². The van der Waals surface area contributed by atoms with Crippen molar-refractivity contribution in [3.63, 3.8) is 0 Å². The number of alkyl halides is 3. The summed E-state index contributed by atoms with van der Waals surface area (Å²) < 4.78 is 39.6. The number of hydrogen-bond acceptors (Lipinski definition) is 7. The number of nitrogens with zero attached hydrogens (tertiary/aromatic N) is 4. The van der Waals surface area contributed by atoms with Gasteiger partial charge in [-0.2, -0.15) is 13.2 Å². The number of rotatable bonds is 6. The van der Waals surface area contributed by atoms with Gasteiger partial charge in [-0.05, 0) is 25.7 Å². The Kier molecular flexibility index (Phi) is 7.75. The van der Waals surface area contributed by atoms with Crippen molar-refractivity contribution in [2.24, 2.45) is 13.0 Å². The van der Waals surface area contributed by atoms with Crippen molar-refractivity contribution in [1.29, 1.82) is 0 Å². The van der Waals surface area contributed by atoms with Gasteiger partial charge in [-0.15, -0.1) is 11.3 Å². The highest BCUT2D eigenvalue weighted by molar-refractivity contribution is 7.09. The lowest BCUT2D eigenvalue weighted by Crippen LogP contribution is -2.64. The molecule has 1 amide bonds. The van der Waals surface area contributed by atoms with Crippen molar-refractivity contribution in [3.8, 4) is 0 Å². The molecule has 2 aromatic heterocycles. The number of likely N-dealkylation sites (tertiary alicyclic amines) is 1. The molecule has 1 spiro atoms. The minimum absolute atomic E-state index is 0.0275. The molecule has 2 aromatic rings. The second-order valence-corrected chi connectivity index (χ2v) is 9.08. The Hall–Kier alpha value is -2.51. The van der Waals surface area contributed by atoms with Crippen LogP contribution >= 0.6 is 11.3 Å². The first-order valence-electron chi connectivity index (χ1n) is 10.3. The molecule has 13 heteroatoms. The van der Waals surface area contributed by atoms with Crippen molar-refractivity contribution in [2.45, 2.75) is 38.1 Å². The summed E-state index contributed by atoms with van der Waals surface area (Å²) in [7, 11) is 1.83. The van der Waals surface area contributed by atoms with Crippen LogP contribution in [0.25, 0.3) is 0 Å². The molecule has 4 rings (SSSR count). The molecule has 0 saturated carbocycles. The average molecular weight is 490 g/mol. The molecule has 4 heterocycles. The standard InChI is InChI=1S/C18H25N5O2S.C2HF3O2/c1-13-10-26-15(21-13)9-23-11-18(12-23)14(4-8-25-18)3-5-20-17(24)16-19-6-7-22(16)2;3-2(4,5)1(6)7/h6-7,10,14H,3-5,8-9,11-12H2,1-2H3,(H,20,24);(H,6,7). The van der Waals surface area contributed by atoms with E-state index < -0.39 is 12.1 Å². The molecule has 1 atom stereocenters. The van der Waals surface area contributed by atoms with Gasteiger partial charge in [0.25, 0.3) is 5.91 Å². The molecular weight excluding hydrogens is 463 g/mol. The van der Waals surface area contributed by atoms with Crippen LogP contribution in [0.3, 0.4) is 0 Å². The Labute approximate surface area is 192 Å². The molecule has 0 aliphatic carbocycles. The first kappa shape index (κ1) is 25.1. The summed E-state index contributed by atoms with van der Waals surface area (Å²) in [5, 5.41) is 13.4. The van der Waals surface area contributed by atoms with Crippen molar-refractivity contribution in [3.05, 3.63) is 34.3 Å². The fourth-order valence-corrected chi connectivity index (χ4v) is 4.87. The molecule has 2 N–H and O–H groups in total. The lowest BCUT2D eigenvalue weighted by molar-refractivity contribution is -0.192. The quantitative estimate of drug-likeness (QED) is 0.640. The van der Waals surface area contributed by atoms with Gasteiger partial charge in [-0.3, -0.25) is 9.69 Å². The molecule has 2 aliphatic heterocycles. The Balaban J connectivity index is 0.000000383. The lowest BCUT2D eigenvalue weighted by Gasteiger charge is -2.50. The summed E-state index contributed by atoms with van der Waals surface area (Å²) in [5.41, 5.74) is 1.07. The second kappa shape index (κ2) is 10.2. The fourth-order valence-electron chi connectivity index (χ4n) is 4.05. The summed E-state index contributed by atoms with van der Waals surface area (Å²) in [6.07, 6.45) is 0.353. The number of aryl methyl sites for hydroxylation is 2. The second-order valence-electron chi connectivity index (χ2n) is 8.14. The predicted octanol–water partition coefficient (Wildman–Crippen LogP) is 2.23. The topological polar surface area (TPSA) is 110 Å². The first-order valence-corrected chi connectivity index (χ1v) is 11.2. The van der Waals surface area contributed by atoms with E-state index in [1.807, 2.05) is 14.0 Å². The number of aromatic nitrogens is 3. The number of imidazole rings is 1. The van der Waals surface area contributed by atoms with E-state index in [2.05, 4.69) is 25.6 Å². The number of aliphatic carboxylic acids is 1. The molecule has 0 aromatic carbocycles. The van der Waals surface area contributed by atoms with Crippen LogP contribution in [0.2, 0.25) is 0 Å². The smallest absolute Gasteiger partial charge is 0.475 e. The summed E-state index contributed by atoms with van der Waals surface area (Å²) in [6.45, 7) is 6.35. The van der Waals surface area contributed by atoms with Crippen molar-refractivity contribution in [2.75, 3.05) is 26.2 Å². The molecule has 2 fully saturated rings. The van der Waals surface area contributed by atoms with Gasteiger partial charge in [0.15, 0.2) is 5.82 Å². The number of carboxylic acids is 1. The Morgan fingerprint density at radius 3 is 2.64 bits per heavy atom. The highest BCUT2D eigenvalue weighted by Crippen LogP contribution is 2.42. The van der Waals surface area contributed by atoms with E-state index in [4.69, 9.17) is 14.6 Å². The van der Waals surface area contributed by atoms with Crippen LogP contribution in [0, 0.1) is 12.8 Å². The Morgan fingerprint density at radius 1 is 1.39 bits per heavy atom. The van der Waals surface area contributed by atoms with Crippen LogP contribution in [0.5, 0.6) is 0 Å². The molecule has 0 radical (unpaired) electrons. The minimum Gasteiger partial charge on any atom is -0.475 e. The van der Waals surface area contributed by atoms with Crippen molar-refractivity contribution < 1.29 is 32.6 Å². The van der Waals surface area contributed by atoms with Crippen molar-refractivity contribution >= 4 is 23.2 Å². The van der Waals surface area contributed by atoms with Gasteiger partial charge in [0, 0.05) is 56.8 Å². The molecule has 9 nitrogen and oxygen atoms in total. The maximum Gasteiger partial charge on any atom is 0.490 e. The zero-order chi connectivity index (χ0) is 24.2. The Bertz CT molecular complexity index is 971. The number of amides is 1. The Morgan fingerprint density at radius 2 is 2.09 bits per heavy atom. The molecule has 33 heavy (non-hydrogen) atoms. The fraction of sp³-hybridized carbons (Fsp3) is 0.600. The summed E-state index contributed by atoms with van der Waals surface area (Å²) in [4.78, 5) is 32.1. The van der Waals surface area contributed by atoms with Crippen LogP contribution in [-0.4, -0.2) is 74.4 Å². The maximum absolute atomic E-state index is 12.2. The third-order valence-electron chi connectivity index (χ3n) is 5.65. The van der Waals surface area contributed by atoms with Gasteiger partial charge in [0.2, 0.25) is 0 Å². The molecule has 182 valence electrons. The third-order valence-corrected chi connectivity index (χ3v) is 6.60. The molecular formula is C20H26F3N5O4S. The normalized spacial score (nSPS) is 19.6. The minimum atomic E-state index is -5.08. The van der Waals surface area contributed by atoms with Gasteiger partial charge in [0.05, 0.1) is 12.1 Å². The molecule has 0 bridgehead atoms. The highest BCUT2D eigenvalue weighted by atomic mass is 32.1. The van der Waals surface area contributed by atoms with Gasteiger partial charge in [0.1, 0.15) is 5.01 Å². The predicted molar refractivity (Wildman–Crippen MR) is 113 cm³/mol. The number of carbonyl (C=O) groups is 2. The summed E-state index contributed by atoms with van der Waals surface area (Å²) >= 11 is 1.73. The highest BCUT2D eigenvalue weighted by Gasteiger charge is 2.52. The van der Waals surface area contributed by atoms with Gasteiger partial charge >= 0.3 is 12.1 Å². The molecule has 1 unspecified atom stereocenters.